The Hall–Kier alpha value is -9.74. The Labute approximate surface area is 441 Å². The van der Waals surface area contributed by atoms with Crippen molar-refractivity contribution in [3.63, 3.8) is 0 Å². The summed E-state index contributed by atoms with van der Waals surface area (Å²) in [6.07, 6.45) is 0. The van der Waals surface area contributed by atoms with Crippen molar-refractivity contribution in [2.24, 2.45) is 0 Å². The van der Waals surface area contributed by atoms with Crippen LogP contribution >= 0.6 is 0 Å². The fraction of sp³-hybridized carbons (Fsp3) is 0. The van der Waals surface area contributed by atoms with Crippen molar-refractivity contribution in [2.75, 3.05) is 0 Å². The first-order valence-corrected chi connectivity index (χ1v) is 28.1. The maximum atomic E-state index is 7.09. The van der Waals surface area contributed by atoms with E-state index in [1.807, 2.05) is 0 Å². The molecule has 0 atom stereocenters. The van der Waals surface area contributed by atoms with Crippen LogP contribution < -0.4 is 20.7 Å². The molecule has 0 aliphatic rings. The summed E-state index contributed by atoms with van der Waals surface area (Å²) in [5, 5.41) is 12.4. The lowest BCUT2D eigenvalue weighted by Crippen LogP contribution is -2.74. The van der Waals surface area contributed by atoms with E-state index in [9.17, 15) is 0 Å². The summed E-state index contributed by atoms with van der Waals surface area (Å²) in [5.74, 6) is 0. The van der Waals surface area contributed by atoms with Crippen molar-refractivity contribution in [1.82, 2.24) is 9.13 Å². The predicted molar refractivity (Wildman–Crippen MR) is 322 cm³/mol. The Morgan fingerprint density at radius 2 is 0.671 bits per heavy atom. The number of hydrogen-bond donors (Lipinski definition) is 0. The monoisotopic (exact) mass is 984 g/mol. The van der Waals surface area contributed by atoms with Crippen LogP contribution in [0, 0.1) is 0 Å². The summed E-state index contributed by atoms with van der Waals surface area (Å²) in [6.45, 7) is 0. The Morgan fingerprint density at radius 1 is 0.250 bits per heavy atom. The van der Waals surface area contributed by atoms with Crippen molar-refractivity contribution in [3.05, 3.63) is 291 Å². The molecule has 0 aliphatic heterocycles. The van der Waals surface area contributed by atoms with Gasteiger partial charge in [-0.15, -0.1) is 0 Å². The highest BCUT2D eigenvalue weighted by atomic mass is 28.3. The van der Waals surface area contributed by atoms with Crippen LogP contribution in [0.5, 0.6) is 0 Å². The van der Waals surface area contributed by atoms with Crippen LogP contribution in [-0.2, 0) is 0 Å². The highest BCUT2D eigenvalue weighted by Crippen LogP contribution is 2.43. The van der Waals surface area contributed by atoms with E-state index in [4.69, 9.17) is 4.42 Å². The fourth-order valence-corrected chi connectivity index (χ4v) is 17.2. The Bertz CT molecular complexity index is 4540. The number of furan rings is 1. The Balaban J connectivity index is 0.924. The molecule has 76 heavy (non-hydrogen) atoms. The number of aromatic nitrogens is 2. The molecule has 356 valence electrons. The van der Waals surface area contributed by atoms with Crippen LogP contribution in [-0.4, -0.2) is 17.2 Å². The molecule has 12 aromatic carbocycles. The van der Waals surface area contributed by atoms with Gasteiger partial charge in [-0.2, -0.15) is 0 Å². The maximum Gasteiger partial charge on any atom is 0.179 e. The van der Waals surface area contributed by atoms with Gasteiger partial charge in [-0.05, 0) is 127 Å². The fourth-order valence-electron chi connectivity index (χ4n) is 12.4. The zero-order valence-corrected chi connectivity index (χ0v) is 42.5. The molecule has 0 saturated carbocycles. The molecule has 0 amide bonds. The molecular formula is C72H48N2OSi. The molecular weight excluding hydrogens is 937 g/mol. The summed E-state index contributed by atoms with van der Waals surface area (Å²) in [4.78, 5) is 0. The van der Waals surface area contributed by atoms with Crippen molar-refractivity contribution in [1.29, 1.82) is 0 Å². The predicted octanol–water partition coefficient (Wildman–Crippen LogP) is 16.2. The van der Waals surface area contributed by atoms with Gasteiger partial charge in [0.2, 0.25) is 0 Å². The van der Waals surface area contributed by atoms with Crippen molar-refractivity contribution in [3.8, 4) is 44.8 Å². The van der Waals surface area contributed by atoms with Crippen LogP contribution in [0.25, 0.3) is 110 Å². The summed E-state index contributed by atoms with van der Waals surface area (Å²) in [7, 11) is -2.76. The van der Waals surface area contributed by atoms with E-state index in [0.717, 1.165) is 66.6 Å². The third-order valence-corrected chi connectivity index (χ3v) is 20.6. The second-order valence-electron chi connectivity index (χ2n) is 20.0. The van der Waals surface area contributed by atoms with E-state index in [1.54, 1.807) is 0 Å². The topological polar surface area (TPSA) is 23.0 Å². The van der Waals surface area contributed by atoms with Gasteiger partial charge in [-0.25, -0.2) is 0 Å². The van der Waals surface area contributed by atoms with Gasteiger partial charge in [0, 0.05) is 38.0 Å². The molecule has 0 saturated heterocycles. The van der Waals surface area contributed by atoms with E-state index >= 15 is 0 Å². The molecule has 0 N–H and O–H groups in total. The van der Waals surface area contributed by atoms with Crippen molar-refractivity contribution < 1.29 is 4.42 Å². The summed E-state index contributed by atoms with van der Waals surface area (Å²) < 4.78 is 11.9. The number of rotatable bonds is 9. The molecule has 3 aromatic heterocycles. The van der Waals surface area contributed by atoms with Crippen molar-refractivity contribution in [2.45, 2.75) is 0 Å². The van der Waals surface area contributed by atoms with Crippen LogP contribution in [0.15, 0.2) is 296 Å². The Morgan fingerprint density at radius 3 is 1.28 bits per heavy atom. The van der Waals surface area contributed by atoms with Crippen LogP contribution in [0.1, 0.15) is 0 Å². The number of hydrogen-bond acceptors (Lipinski definition) is 1. The minimum atomic E-state index is -2.76. The molecule has 15 aromatic rings. The standard InChI is InChI=1S/C72H48N2OSi/c1-5-24-55(25-6-1)73-66-36-16-15-35-62(66)63-45-52(39-41-69(63)73)53-40-42-71-64(46-53)65-47-54(48-70(72(65)75-71)74-67-37-17-13-33-60(67)61-34-14-18-38-68(61)74)50-22-19-21-49(43-50)51-23-20-32-59(44-51)76(56-26-7-2-8-27-56,57-28-9-3-10-29-57)58-30-11-4-12-31-58/h1-48H. The summed E-state index contributed by atoms with van der Waals surface area (Å²) in [6, 6.07) is 107. The molecule has 0 bridgehead atoms. The second-order valence-corrected chi connectivity index (χ2v) is 23.8. The molecule has 3 nitrogen and oxygen atoms in total. The zero-order valence-electron chi connectivity index (χ0n) is 41.5. The third kappa shape index (κ3) is 6.88. The van der Waals surface area contributed by atoms with Gasteiger partial charge in [-0.1, -0.05) is 218 Å². The molecule has 0 unspecified atom stereocenters. The number of benzene rings is 12. The van der Waals surface area contributed by atoms with Gasteiger partial charge >= 0.3 is 0 Å². The van der Waals surface area contributed by atoms with E-state index in [-0.39, 0.29) is 0 Å². The highest BCUT2D eigenvalue weighted by Gasteiger charge is 2.41. The zero-order chi connectivity index (χ0) is 50.2. The SMILES string of the molecule is c1ccc(-n2c3ccccc3c3cc(-c4ccc5oc6c(-n7c8ccccc8c8ccccc87)cc(-c7cccc(-c8cccc([Si](c9ccccc9)(c9ccccc9)c9ccccc9)c8)c7)cc6c5c4)ccc32)cc1. The van der Waals surface area contributed by atoms with E-state index < -0.39 is 8.07 Å². The molecule has 4 heteroatoms. The first-order valence-electron chi connectivity index (χ1n) is 26.1. The normalized spacial score (nSPS) is 11.9. The van der Waals surface area contributed by atoms with Crippen LogP contribution in [0.2, 0.25) is 0 Å². The molecule has 15 rings (SSSR count). The van der Waals surface area contributed by atoms with E-state index in [0.29, 0.717) is 0 Å². The quantitative estimate of drug-likeness (QED) is 0.104. The van der Waals surface area contributed by atoms with E-state index in [2.05, 4.69) is 300 Å². The third-order valence-electron chi connectivity index (χ3n) is 15.8. The highest BCUT2D eigenvalue weighted by molar-refractivity contribution is 7.19. The minimum Gasteiger partial charge on any atom is -0.454 e. The largest absolute Gasteiger partial charge is 0.454 e. The van der Waals surface area contributed by atoms with Crippen molar-refractivity contribution >= 4 is 94.4 Å². The van der Waals surface area contributed by atoms with Gasteiger partial charge in [0.15, 0.2) is 13.7 Å². The van der Waals surface area contributed by atoms with Gasteiger partial charge in [-0.3, -0.25) is 0 Å². The molecule has 3 heterocycles. The van der Waals surface area contributed by atoms with Gasteiger partial charge in [0.25, 0.3) is 0 Å². The Kier molecular flexibility index (Phi) is 10.2. The molecule has 0 aliphatic carbocycles. The minimum absolute atomic E-state index is 0.855. The lowest BCUT2D eigenvalue weighted by Gasteiger charge is -2.34. The lowest BCUT2D eigenvalue weighted by molar-refractivity contribution is 0.666. The molecule has 0 spiro atoms. The smallest absolute Gasteiger partial charge is 0.179 e. The van der Waals surface area contributed by atoms with Gasteiger partial charge < -0.3 is 13.6 Å². The van der Waals surface area contributed by atoms with Crippen LogP contribution in [0.4, 0.5) is 0 Å². The maximum absolute atomic E-state index is 7.09. The van der Waals surface area contributed by atoms with Gasteiger partial charge in [0.1, 0.15) is 5.58 Å². The summed E-state index contributed by atoms with van der Waals surface area (Å²) >= 11 is 0. The lowest BCUT2D eigenvalue weighted by atomic mass is 9.96. The molecule has 0 fully saturated rings. The second kappa shape index (κ2) is 17.7. The van der Waals surface area contributed by atoms with Gasteiger partial charge in [0.05, 0.1) is 27.8 Å². The average molecular weight is 985 g/mol. The first-order chi connectivity index (χ1) is 37.7. The number of fused-ring (bicyclic) bond motifs is 9. The summed E-state index contributed by atoms with van der Waals surface area (Å²) in [5.41, 5.74) is 15.4. The number of nitrogens with zero attached hydrogens (tertiary/aromatic N) is 2. The average Bonchev–Trinajstić information content (AvgIpc) is 4.24. The first kappa shape index (κ1) is 43.8. The van der Waals surface area contributed by atoms with E-state index in [1.165, 1.54) is 64.5 Å². The number of para-hydroxylation sites is 4. The molecule has 0 radical (unpaired) electrons. The van der Waals surface area contributed by atoms with Crippen LogP contribution in [0.3, 0.4) is 0 Å².